The van der Waals surface area contributed by atoms with Gasteiger partial charge >= 0.3 is 0 Å². The molecule has 1 saturated carbocycles. The van der Waals surface area contributed by atoms with Gasteiger partial charge in [0.1, 0.15) is 5.82 Å². The van der Waals surface area contributed by atoms with E-state index in [0.29, 0.717) is 12.6 Å². The number of halogens is 1. The average Bonchev–Trinajstić information content (AvgIpc) is 2.85. The largest absolute Gasteiger partial charge is 0.329 e. The molecule has 1 aromatic carbocycles. The van der Waals surface area contributed by atoms with Gasteiger partial charge in [-0.15, -0.1) is 0 Å². The summed E-state index contributed by atoms with van der Waals surface area (Å²) in [5.74, 6) is -0.183. The normalized spacial score (nSPS) is 19.9. The second kappa shape index (κ2) is 5.81. The topological polar surface area (TPSA) is 38.0 Å². The SMILES string of the molecule is CC(CN)(Cc1ccc(F)cc1)NC1CCCC1. The maximum atomic E-state index is 12.9. The van der Waals surface area contributed by atoms with Gasteiger partial charge in [0.2, 0.25) is 0 Å². The van der Waals surface area contributed by atoms with Gasteiger partial charge in [0, 0.05) is 18.1 Å². The summed E-state index contributed by atoms with van der Waals surface area (Å²) < 4.78 is 12.9. The van der Waals surface area contributed by atoms with Gasteiger partial charge in [-0.2, -0.15) is 0 Å². The molecule has 0 bridgehead atoms. The molecule has 0 aliphatic heterocycles. The van der Waals surface area contributed by atoms with Gasteiger partial charge in [-0.3, -0.25) is 0 Å². The van der Waals surface area contributed by atoms with Crippen LogP contribution in [0.1, 0.15) is 38.2 Å². The number of nitrogens with one attached hydrogen (secondary N) is 1. The zero-order valence-electron chi connectivity index (χ0n) is 11.1. The average molecular weight is 250 g/mol. The van der Waals surface area contributed by atoms with Gasteiger partial charge in [0.05, 0.1) is 0 Å². The number of nitrogens with two attached hydrogens (primary N) is 1. The van der Waals surface area contributed by atoms with Gasteiger partial charge in [-0.05, 0) is 43.9 Å². The van der Waals surface area contributed by atoms with E-state index in [1.807, 2.05) is 12.1 Å². The maximum absolute atomic E-state index is 12.9. The third-order valence-electron chi connectivity index (χ3n) is 3.87. The van der Waals surface area contributed by atoms with Crippen LogP contribution < -0.4 is 11.1 Å². The first-order valence-corrected chi connectivity index (χ1v) is 6.83. The summed E-state index contributed by atoms with van der Waals surface area (Å²) in [7, 11) is 0. The van der Waals surface area contributed by atoms with E-state index in [-0.39, 0.29) is 11.4 Å². The lowest BCUT2D eigenvalue weighted by Crippen LogP contribution is -2.53. The molecule has 2 rings (SSSR count). The highest BCUT2D eigenvalue weighted by Crippen LogP contribution is 2.22. The molecule has 0 heterocycles. The van der Waals surface area contributed by atoms with Crippen LogP contribution in [0.25, 0.3) is 0 Å². The molecule has 18 heavy (non-hydrogen) atoms. The summed E-state index contributed by atoms with van der Waals surface area (Å²) in [5.41, 5.74) is 6.97. The van der Waals surface area contributed by atoms with Gasteiger partial charge < -0.3 is 11.1 Å². The van der Waals surface area contributed by atoms with Crippen LogP contribution >= 0.6 is 0 Å². The first-order chi connectivity index (χ1) is 8.61. The molecule has 100 valence electrons. The molecular weight excluding hydrogens is 227 g/mol. The smallest absolute Gasteiger partial charge is 0.123 e. The van der Waals surface area contributed by atoms with Crippen LogP contribution in [0.4, 0.5) is 4.39 Å². The predicted molar refractivity (Wildman–Crippen MR) is 73.0 cm³/mol. The third kappa shape index (κ3) is 3.53. The van der Waals surface area contributed by atoms with Crippen molar-refractivity contribution in [3.8, 4) is 0 Å². The standard InChI is InChI=1S/C15H23FN2/c1-15(11-17,18-14-4-2-3-5-14)10-12-6-8-13(16)9-7-12/h6-9,14,18H,2-5,10-11,17H2,1H3. The van der Waals surface area contributed by atoms with Crippen molar-refractivity contribution in [2.24, 2.45) is 5.73 Å². The number of hydrogen-bond acceptors (Lipinski definition) is 2. The van der Waals surface area contributed by atoms with Crippen molar-refractivity contribution in [3.63, 3.8) is 0 Å². The van der Waals surface area contributed by atoms with E-state index in [0.717, 1.165) is 12.0 Å². The van der Waals surface area contributed by atoms with Crippen molar-refractivity contribution >= 4 is 0 Å². The summed E-state index contributed by atoms with van der Waals surface area (Å²) in [6, 6.07) is 7.32. The van der Waals surface area contributed by atoms with Crippen molar-refractivity contribution in [3.05, 3.63) is 35.6 Å². The van der Waals surface area contributed by atoms with Crippen molar-refractivity contribution < 1.29 is 4.39 Å². The number of benzene rings is 1. The van der Waals surface area contributed by atoms with Gasteiger partial charge in [-0.1, -0.05) is 25.0 Å². The van der Waals surface area contributed by atoms with E-state index in [9.17, 15) is 4.39 Å². The van der Waals surface area contributed by atoms with Crippen LogP contribution in [0.15, 0.2) is 24.3 Å². The first kappa shape index (κ1) is 13.5. The predicted octanol–water partition coefficient (Wildman–Crippen LogP) is 2.62. The zero-order valence-corrected chi connectivity index (χ0v) is 11.1. The van der Waals surface area contributed by atoms with E-state index >= 15 is 0 Å². The molecule has 1 aliphatic rings. The molecule has 0 aromatic heterocycles. The molecule has 2 nitrogen and oxygen atoms in total. The summed E-state index contributed by atoms with van der Waals surface area (Å²) in [5, 5.41) is 3.69. The van der Waals surface area contributed by atoms with Gasteiger partial charge in [0.15, 0.2) is 0 Å². The Bertz CT molecular complexity index is 371. The van der Waals surface area contributed by atoms with E-state index in [1.54, 1.807) is 0 Å². The monoisotopic (exact) mass is 250 g/mol. The van der Waals surface area contributed by atoms with Crippen LogP contribution in [-0.2, 0) is 6.42 Å². The van der Waals surface area contributed by atoms with E-state index < -0.39 is 0 Å². The minimum Gasteiger partial charge on any atom is -0.329 e. The molecule has 3 N–H and O–H groups in total. The Morgan fingerprint density at radius 1 is 1.28 bits per heavy atom. The summed E-state index contributed by atoms with van der Waals surface area (Å²) in [4.78, 5) is 0. The highest BCUT2D eigenvalue weighted by atomic mass is 19.1. The minimum atomic E-state index is -0.183. The number of rotatable bonds is 5. The Kier molecular flexibility index (Phi) is 4.36. The van der Waals surface area contributed by atoms with Crippen LogP contribution in [0, 0.1) is 5.82 Å². The second-order valence-electron chi connectivity index (χ2n) is 5.69. The van der Waals surface area contributed by atoms with E-state index in [1.165, 1.54) is 37.8 Å². The fourth-order valence-corrected chi connectivity index (χ4v) is 2.80. The summed E-state index contributed by atoms with van der Waals surface area (Å²) >= 11 is 0. The quantitative estimate of drug-likeness (QED) is 0.843. The van der Waals surface area contributed by atoms with Crippen molar-refractivity contribution in [2.45, 2.75) is 50.6 Å². The molecule has 1 atom stereocenters. The first-order valence-electron chi connectivity index (χ1n) is 6.83. The van der Waals surface area contributed by atoms with Crippen molar-refractivity contribution in [2.75, 3.05) is 6.54 Å². The zero-order chi connectivity index (χ0) is 13.0. The Labute approximate surface area is 109 Å². The van der Waals surface area contributed by atoms with E-state index in [2.05, 4.69) is 12.2 Å². The van der Waals surface area contributed by atoms with Gasteiger partial charge in [0.25, 0.3) is 0 Å². The fraction of sp³-hybridized carbons (Fsp3) is 0.600. The van der Waals surface area contributed by atoms with Crippen LogP contribution in [0.2, 0.25) is 0 Å². The molecular formula is C15H23FN2. The Morgan fingerprint density at radius 3 is 2.44 bits per heavy atom. The Morgan fingerprint density at radius 2 is 1.89 bits per heavy atom. The lowest BCUT2D eigenvalue weighted by molar-refractivity contribution is 0.313. The highest BCUT2D eigenvalue weighted by molar-refractivity contribution is 5.19. The van der Waals surface area contributed by atoms with Gasteiger partial charge in [-0.25, -0.2) is 4.39 Å². The molecule has 1 aliphatic carbocycles. The molecule has 0 saturated heterocycles. The maximum Gasteiger partial charge on any atom is 0.123 e. The molecule has 1 fully saturated rings. The molecule has 0 radical (unpaired) electrons. The third-order valence-corrected chi connectivity index (χ3v) is 3.87. The molecule has 0 spiro atoms. The van der Waals surface area contributed by atoms with Crippen LogP contribution in [-0.4, -0.2) is 18.1 Å². The lowest BCUT2D eigenvalue weighted by atomic mass is 9.91. The second-order valence-corrected chi connectivity index (χ2v) is 5.69. The van der Waals surface area contributed by atoms with Crippen LogP contribution in [0.5, 0.6) is 0 Å². The lowest BCUT2D eigenvalue weighted by Gasteiger charge is -2.33. The van der Waals surface area contributed by atoms with Crippen LogP contribution in [0.3, 0.4) is 0 Å². The highest BCUT2D eigenvalue weighted by Gasteiger charge is 2.27. The minimum absolute atomic E-state index is 0.0904. The van der Waals surface area contributed by atoms with Crippen molar-refractivity contribution in [1.29, 1.82) is 0 Å². The van der Waals surface area contributed by atoms with Crippen molar-refractivity contribution in [1.82, 2.24) is 5.32 Å². The van der Waals surface area contributed by atoms with E-state index in [4.69, 9.17) is 5.73 Å². The Balaban J connectivity index is 1.99. The Hall–Kier alpha value is -0.930. The number of hydrogen-bond donors (Lipinski definition) is 2. The summed E-state index contributed by atoms with van der Waals surface area (Å²) in [6.07, 6.45) is 5.97. The molecule has 3 heteroatoms. The fourth-order valence-electron chi connectivity index (χ4n) is 2.80. The molecule has 1 unspecified atom stereocenters. The summed E-state index contributed by atoms with van der Waals surface area (Å²) in [6.45, 7) is 2.76. The molecule has 0 amide bonds. The molecule has 1 aromatic rings.